The van der Waals surface area contributed by atoms with Gasteiger partial charge < -0.3 is 15.2 Å². The Morgan fingerprint density at radius 2 is 2.12 bits per heavy atom. The second kappa shape index (κ2) is 5.91. The van der Waals surface area contributed by atoms with Crippen LogP contribution in [0.15, 0.2) is 33.4 Å². The fraction of sp³-hybridized carbons (Fsp3) is 0.100. The summed E-state index contributed by atoms with van der Waals surface area (Å²) >= 11 is 6.69. The van der Waals surface area contributed by atoms with E-state index < -0.39 is 5.97 Å². The number of hydrogen-bond acceptors (Lipinski definition) is 3. The molecule has 0 aromatic heterocycles. The molecular weight excluding hydrogens is 342 g/mol. The highest BCUT2D eigenvalue weighted by Crippen LogP contribution is 2.34. The SMILES string of the molecule is COc1cc(N/C=C/C(=O)O)c(Br)cc1Br. The van der Waals surface area contributed by atoms with E-state index >= 15 is 0 Å². The minimum absolute atomic E-state index is 0.662. The number of rotatable bonds is 4. The summed E-state index contributed by atoms with van der Waals surface area (Å²) in [6, 6.07) is 3.57. The molecule has 0 radical (unpaired) electrons. The predicted octanol–water partition coefficient (Wildman–Crippen LogP) is 3.23. The number of carbonyl (C=O) groups is 1. The van der Waals surface area contributed by atoms with Gasteiger partial charge in [0.1, 0.15) is 5.75 Å². The first-order valence-electron chi connectivity index (χ1n) is 4.23. The van der Waals surface area contributed by atoms with Crippen molar-refractivity contribution in [1.82, 2.24) is 0 Å². The summed E-state index contributed by atoms with van der Waals surface area (Å²) in [6.45, 7) is 0. The van der Waals surface area contributed by atoms with Gasteiger partial charge in [-0.15, -0.1) is 0 Å². The van der Waals surface area contributed by atoms with Gasteiger partial charge in [0.2, 0.25) is 0 Å². The van der Waals surface area contributed by atoms with Crippen molar-refractivity contribution in [2.45, 2.75) is 0 Å². The van der Waals surface area contributed by atoms with Crippen LogP contribution >= 0.6 is 31.9 Å². The molecule has 0 aliphatic rings. The van der Waals surface area contributed by atoms with Crippen LogP contribution in [0.4, 0.5) is 5.69 Å². The number of nitrogens with one attached hydrogen (secondary N) is 1. The molecule has 0 unspecified atom stereocenters. The lowest BCUT2D eigenvalue weighted by Gasteiger charge is -2.08. The Morgan fingerprint density at radius 1 is 1.44 bits per heavy atom. The molecule has 2 N–H and O–H groups in total. The normalized spacial score (nSPS) is 10.4. The molecule has 0 aliphatic carbocycles. The van der Waals surface area contributed by atoms with Crippen molar-refractivity contribution in [1.29, 1.82) is 0 Å². The summed E-state index contributed by atoms with van der Waals surface area (Å²) in [4.78, 5) is 10.3. The number of carboxylic acids is 1. The molecule has 1 aromatic rings. The van der Waals surface area contributed by atoms with Crippen LogP contribution in [-0.4, -0.2) is 18.2 Å². The predicted molar refractivity (Wildman–Crippen MR) is 68.8 cm³/mol. The summed E-state index contributed by atoms with van der Waals surface area (Å²) in [5, 5.41) is 11.3. The molecule has 6 heteroatoms. The average molecular weight is 351 g/mol. The van der Waals surface area contributed by atoms with Crippen molar-refractivity contribution in [3.05, 3.63) is 33.4 Å². The second-order valence-electron chi connectivity index (χ2n) is 2.78. The molecule has 0 heterocycles. The maximum Gasteiger partial charge on any atom is 0.329 e. The van der Waals surface area contributed by atoms with Gasteiger partial charge in [0, 0.05) is 22.8 Å². The van der Waals surface area contributed by atoms with E-state index in [1.807, 2.05) is 6.07 Å². The molecule has 0 spiro atoms. The highest BCUT2D eigenvalue weighted by Gasteiger charge is 2.05. The Bertz CT molecular complexity index is 432. The molecule has 0 aliphatic heterocycles. The van der Waals surface area contributed by atoms with Crippen LogP contribution in [-0.2, 0) is 4.79 Å². The molecular formula is C10H9Br2NO3. The molecule has 0 saturated heterocycles. The minimum Gasteiger partial charge on any atom is -0.495 e. The number of ether oxygens (including phenoxy) is 1. The van der Waals surface area contributed by atoms with E-state index in [0.717, 1.165) is 20.7 Å². The lowest BCUT2D eigenvalue weighted by molar-refractivity contribution is -0.131. The Labute approximate surface area is 110 Å². The molecule has 0 bridgehead atoms. The third-order valence-corrected chi connectivity index (χ3v) is 2.98. The number of carboxylic acid groups (broad SMARTS) is 1. The highest BCUT2D eigenvalue weighted by molar-refractivity contribution is 9.11. The van der Waals surface area contributed by atoms with Crippen molar-refractivity contribution in [2.24, 2.45) is 0 Å². The fourth-order valence-electron chi connectivity index (χ4n) is 0.999. The first-order valence-corrected chi connectivity index (χ1v) is 5.82. The minimum atomic E-state index is -1.01. The summed E-state index contributed by atoms with van der Waals surface area (Å²) in [6.07, 6.45) is 2.36. The first-order chi connectivity index (χ1) is 7.54. The summed E-state index contributed by atoms with van der Waals surface area (Å²) in [5.41, 5.74) is 0.720. The van der Waals surface area contributed by atoms with Crippen molar-refractivity contribution in [2.75, 3.05) is 12.4 Å². The fourth-order valence-corrected chi connectivity index (χ4v) is 2.27. The van der Waals surface area contributed by atoms with Crippen LogP contribution in [0, 0.1) is 0 Å². The van der Waals surface area contributed by atoms with Crippen molar-refractivity contribution >= 4 is 43.5 Å². The standard InChI is InChI=1S/C10H9Br2NO3/c1-16-9-5-8(6(11)4-7(9)12)13-3-2-10(14)15/h2-5,13H,1H3,(H,14,15)/b3-2+. The lowest BCUT2D eigenvalue weighted by Crippen LogP contribution is -1.94. The van der Waals surface area contributed by atoms with E-state index in [1.165, 1.54) is 6.20 Å². The monoisotopic (exact) mass is 349 g/mol. The molecule has 1 rings (SSSR count). The number of methoxy groups -OCH3 is 1. The van der Waals surface area contributed by atoms with E-state index in [4.69, 9.17) is 9.84 Å². The smallest absolute Gasteiger partial charge is 0.329 e. The van der Waals surface area contributed by atoms with Crippen molar-refractivity contribution in [3.63, 3.8) is 0 Å². The molecule has 16 heavy (non-hydrogen) atoms. The highest BCUT2D eigenvalue weighted by atomic mass is 79.9. The Hall–Kier alpha value is -1.01. The van der Waals surface area contributed by atoms with E-state index in [2.05, 4.69) is 37.2 Å². The molecule has 0 atom stereocenters. The third kappa shape index (κ3) is 3.53. The van der Waals surface area contributed by atoms with Gasteiger partial charge in [0.25, 0.3) is 0 Å². The van der Waals surface area contributed by atoms with Crippen LogP contribution in [0.1, 0.15) is 0 Å². The van der Waals surface area contributed by atoms with Crippen LogP contribution in [0.25, 0.3) is 0 Å². The average Bonchev–Trinajstić information content (AvgIpc) is 2.20. The van der Waals surface area contributed by atoms with Gasteiger partial charge in [-0.25, -0.2) is 4.79 Å². The topological polar surface area (TPSA) is 58.6 Å². The van der Waals surface area contributed by atoms with Crippen LogP contribution < -0.4 is 10.1 Å². The molecule has 4 nitrogen and oxygen atoms in total. The number of hydrogen-bond donors (Lipinski definition) is 2. The zero-order chi connectivity index (χ0) is 12.1. The summed E-state index contributed by atoms with van der Waals surface area (Å²) in [5.74, 6) is -0.345. The van der Waals surface area contributed by atoms with Crippen LogP contribution in [0.2, 0.25) is 0 Å². The lowest BCUT2D eigenvalue weighted by atomic mass is 10.3. The number of aliphatic carboxylic acids is 1. The van der Waals surface area contributed by atoms with Crippen LogP contribution in [0.5, 0.6) is 5.75 Å². The second-order valence-corrected chi connectivity index (χ2v) is 4.49. The van der Waals surface area contributed by atoms with E-state index in [1.54, 1.807) is 13.2 Å². The summed E-state index contributed by atoms with van der Waals surface area (Å²) in [7, 11) is 1.56. The Balaban J connectivity index is 2.91. The molecule has 86 valence electrons. The van der Waals surface area contributed by atoms with Crippen molar-refractivity contribution < 1.29 is 14.6 Å². The van der Waals surface area contributed by atoms with E-state index in [9.17, 15) is 4.79 Å². The van der Waals surface area contributed by atoms with E-state index in [-0.39, 0.29) is 0 Å². The van der Waals surface area contributed by atoms with Gasteiger partial charge in [0.15, 0.2) is 0 Å². The number of halogens is 2. The van der Waals surface area contributed by atoms with Gasteiger partial charge in [-0.05, 0) is 37.9 Å². The Morgan fingerprint density at radius 3 is 2.69 bits per heavy atom. The van der Waals surface area contributed by atoms with Gasteiger partial charge in [-0.2, -0.15) is 0 Å². The van der Waals surface area contributed by atoms with Gasteiger partial charge >= 0.3 is 5.97 Å². The van der Waals surface area contributed by atoms with Crippen molar-refractivity contribution in [3.8, 4) is 5.75 Å². The molecule has 0 saturated carbocycles. The van der Waals surface area contributed by atoms with Gasteiger partial charge in [-0.3, -0.25) is 0 Å². The molecule has 0 amide bonds. The molecule has 0 fully saturated rings. The number of anilines is 1. The maximum atomic E-state index is 10.3. The Kier molecular flexibility index (Phi) is 4.82. The first kappa shape index (κ1) is 13.1. The summed E-state index contributed by atoms with van der Waals surface area (Å²) < 4.78 is 6.74. The quantitative estimate of drug-likeness (QED) is 0.818. The maximum absolute atomic E-state index is 10.3. The van der Waals surface area contributed by atoms with Gasteiger partial charge in [-0.1, -0.05) is 0 Å². The third-order valence-electron chi connectivity index (χ3n) is 1.71. The zero-order valence-electron chi connectivity index (χ0n) is 8.33. The van der Waals surface area contributed by atoms with E-state index in [0.29, 0.717) is 5.75 Å². The van der Waals surface area contributed by atoms with Gasteiger partial charge in [0.05, 0.1) is 17.3 Å². The number of benzene rings is 1. The largest absolute Gasteiger partial charge is 0.495 e. The molecule has 1 aromatic carbocycles. The zero-order valence-corrected chi connectivity index (χ0v) is 11.5. The van der Waals surface area contributed by atoms with Crippen LogP contribution in [0.3, 0.4) is 0 Å².